The predicted molar refractivity (Wildman–Crippen MR) is 75.9 cm³/mol. The molecule has 0 radical (unpaired) electrons. The summed E-state index contributed by atoms with van der Waals surface area (Å²) >= 11 is 0. The zero-order valence-corrected chi connectivity index (χ0v) is 12.1. The van der Waals surface area contributed by atoms with E-state index in [2.05, 4.69) is 9.88 Å². The Bertz CT molecular complexity index is 484. The lowest BCUT2D eigenvalue weighted by atomic mass is 9.97. The van der Waals surface area contributed by atoms with Gasteiger partial charge in [-0.15, -0.1) is 0 Å². The quantitative estimate of drug-likeness (QED) is 0.868. The molecule has 2 heterocycles. The minimum Gasteiger partial charge on any atom is -0.342 e. The van der Waals surface area contributed by atoms with Crippen LogP contribution in [0.1, 0.15) is 32.4 Å². The molecule has 1 aliphatic rings. The van der Waals surface area contributed by atoms with Crippen LogP contribution in [0.3, 0.4) is 0 Å². The van der Waals surface area contributed by atoms with Gasteiger partial charge in [0.1, 0.15) is 11.4 Å². The van der Waals surface area contributed by atoms with Gasteiger partial charge in [-0.25, -0.2) is 4.98 Å². The van der Waals surface area contributed by atoms with Crippen LogP contribution in [0.2, 0.25) is 0 Å². The second-order valence-corrected chi connectivity index (χ2v) is 5.67. The number of pyridine rings is 1. The highest BCUT2D eigenvalue weighted by molar-refractivity contribution is 5.90. The van der Waals surface area contributed by atoms with Crippen molar-refractivity contribution in [1.82, 2.24) is 9.88 Å². The summed E-state index contributed by atoms with van der Waals surface area (Å²) in [4.78, 5) is 20.5. The number of likely N-dealkylation sites (N-methyl/N-ethyl adjacent to an activating group) is 1. The SMILES string of the molecule is C[C@H](N)c1ccnc(N2CCN(C)C(=O)C2(C)C)c1. The minimum absolute atomic E-state index is 0.0342. The molecule has 0 aliphatic carbocycles. The van der Waals surface area contributed by atoms with E-state index in [1.54, 1.807) is 11.1 Å². The Labute approximate surface area is 114 Å². The first-order chi connectivity index (χ1) is 8.84. The predicted octanol–water partition coefficient (Wildman–Crippen LogP) is 1.16. The Morgan fingerprint density at radius 3 is 2.74 bits per heavy atom. The van der Waals surface area contributed by atoms with Gasteiger partial charge in [0.05, 0.1) is 0 Å². The molecule has 5 nitrogen and oxygen atoms in total. The lowest BCUT2D eigenvalue weighted by Gasteiger charge is -2.45. The third kappa shape index (κ3) is 2.42. The van der Waals surface area contributed by atoms with Crippen LogP contribution >= 0.6 is 0 Å². The summed E-state index contributed by atoms with van der Waals surface area (Å²) in [6.07, 6.45) is 1.76. The highest BCUT2D eigenvalue weighted by atomic mass is 16.2. The van der Waals surface area contributed by atoms with Gasteiger partial charge >= 0.3 is 0 Å². The number of piperazine rings is 1. The van der Waals surface area contributed by atoms with Crippen LogP contribution < -0.4 is 10.6 Å². The normalized spacial score (nSPS) is 20.6. The van der Waals surface area contributed by atoms with E-state index in [4.69, 9.17) is 5.73 Å². The molecule has 1 aromatic rings. The summed E-state index contributed by atoms with van der Waals surface area (Å²) in [5.74, 6) is 0.938. The Morgan fingerprint density at radius 2 is 2.11 bits per heavy atom. The maximum Gasteiger partial charge on any atom is 0.247 e. The third-order valence-corrected chi connectivity index (χ3v) is 3.78. The number of aromatic nitrogens is 1. The van der Waals surface area contributed by atoms with Crippen molar-refractivity contribution in [1.29, 1.82) is 0 Å². The van der Waals surface area contributed by atoms with Gasteiger partial charge in [0, 0.05) is 32.4 Å². The van der Waals surface area contributed by atoms with Crippen molar-refractivity contribution in [3.63, 3.8) is 0 Å². The molecule has 1 amide bonds. The van der Waals surface area contributed by atoms with E-state index in [1.165, 1.54) is 0 Å². The number of carbonyl (C=O) groups is 1. The molecule has 2 N–H and O–H groups in total. The largest absolute Gasteiger partial charge is 0.342 e. The molecule has 0 aromatic carbocycles. The van der Waals surface area contributed by atoms with Crippen molar-refractivity contribution in [3.8, 4) is 0 Å². The molecule has 104 valence electrons. The van der Waals surface area contributed by atoms with E-state index in [1.807, 2.05) is 40.0 Å². The molecule has 19 heavy (non-hydrogen) atoms. The zero-order chi connectivity index (χ0) is 14.2. The van der Waals surface area contributed by atoms with Gasteiger partial charge in [0.15, 0.2) is 0 Å². The number of nitrogens with zero attached hydrogens (tertiary/aromatic N) is 3. The number of anilines is 1. The van der Waals surface area contributed by atoms with Gasteiger partial charge in [0.2, 0.25) is 5.91 Å². The topological polar surface area (TPSA) is 62.5 Å². The molecule has 5 heteroatoms. The highest BCUT2D eigenvalue weighted by Crippen LogP contribution is 2.28. The first-order valence-corrected chi connectivity index (χ1v) is 6.59. The molecule has 0 unspecified atom stereocenters. The first-order valence-electron chi connectivity index (χ1n) is 6.59. The third-order valence-electron chi connectivity index (χ3n) is 3.78. The fourth-order valence-electron chi connectivity index (χ4n) is 2.48. The number of rotatable bonds is 2. The first kappa shape index (κ1) is 13.8. The maximum atomic E-state index is 12.3. The Hall–Kier alpha value is -1.62. The molecular weight excluding hydrogens is 240 g/mol. The van der Waals surface area contributed by atoms with Gasteiger partial charge in [-0.3, -0.25) is 4.79 Å². The Morgan fingerprint density at radius 1 is 1.42 bits per heavy atom. The Kier molecular flexibility index (Phi) is 3.49. The summed E-state index contributed by atoms with van der Waals surface area (Å²) in [6, 6.07) is 3.86. The van der Waals surface area contributed by atoms with E-state index in [-0.39, 0.29) is 11.9 Å². The molecular formula is C14H22N4O. The summed E-state index contributed by atoms with van der Waals surface area (Å²) < 4.78 is 0. The standard InChI is InChI=1S/C14H22N4O/c1-10(15)11-5-6-16-12(9-11)18-8-7-17(4)13(19)14(18,2)3/h5-6,9-10H,7-8,15H2,1-4H3/t10-/m0/s1. The smallest absolute Gasteiger partial charge is 0.247 e. The monoisotopic (exact) mass is 262 g/mol. The summed E-state index contributed by atoms with van der Waals surface area (Å²) in [5, 5.41) is 0. The number of amides is 1. The van der Waals surface area contributed by atoms with Crippen LogP contribution in [-0.2, 0) is 4.79 Å². The number of nitrogens with two attached hydrogens (primary N) is 1. The fourth-order valence-corrected chi connectivity index (χ4v) is 2.48. The Balaban J connectivity index is 2.36. The molecule has 1 aliphatic heterocycles. The van der Waals surface area contributed by atoms with E-state index in [0.29, 0.717) is 6.54 Å². The minimum atomic E-state index is -0.573. The average Bonchev–Trinajstić information content (AvgIpc) is 2.36. The zero-order valence-electron chi connectivity index (χ0n) is 12.1. The number of carbonyl (C=O) groups excluding carboxylic acids is 1. The van der Waals surface area contributed by atoms with E-state index < -0.39 is 5.54 Å². The summed E-state index contributed by atoms with van der Waals surface area (Å²) in [5.41, 5.74) is 6.37. The molecule has 0 saturated carbocycles. The van der Waals surface area contributed by atoms with Crippen LogP contribution in [-0.4, -0.2) is 41.5 Å². The van der Waals surface area contributed by atoms with Crippen LogP contribution in [0, 0.1) is 0 Å². The van der Waals surface area contributed by atoms with Crippen molar-refractivity contribution in [2.24, 2.45) is 5.73 Å². The fraction of sp³-hybridized carbons (Fsp3) is 0.571. The second kappa shape index (κ2) is 4.81. The molecule has 1 fully saturated rings. The van der Waals surface area contributed by atoms with Gasteiger partial charge in [-0.05, 0) is 38.5 Å². The van der Waals surface area contributed by atoms with E-state index in [0.717, 1.165) is 17.9 Å². The highest BCUT2D eigenvalue weighted by Gasteiger charge is 2.41. The van der Waals surface area contributed by atoms with Crippen LogP contribution in [0.4, 0.5) is 5.82 Å². The van der Waals surface area contributed by atoms with Crippen molar-refractivity contribution in [2.45, 2.75) is 32.4 Å². The van der Waals surface area contributed by atoms with Crippen molar-refractivity contribution in [2.75, 3.05) is 25.0 Å². The summed E-state index contributed by atoms with van der Waals surface area (Å²) in [7, 11) is 1.84. The van der Waals surface area contributed by atoms with Crippen molar-refractivity contribution < 1.29 is 4.79 Å². The van der Waals surface area contributed by atoms with E-state index >= 15 is 0 Å². The van der Waals surface area contributed by atoms with Crippen LogP contribution in [0.15, 0.2) is 18.3 Å². The van der Waals surface area contributed by atoms with Gasteiger partial charge in [-0.2, -0.15) is 0 Å². The van der Waals surface area contributed by atoms with Gasteiger partial charge in [-0.1, -0.05) is 0 Å². The maximum absolute atomic E-state index is 12.3. The lowest BCUT2D eigenvalue weighted by molar-refractivity contribution is -0.136. The second-order valence-electron chi connectivity index (χ2n) is 5.67. The van der Waals surface area contributed by atoms with Crippen LogP contribution in [0.25, 0.3) is 0 Å². The molecule has 2 rings (SSSR count). The van der Waals surface area contributed by atoms with Crippen LogP contribution in [0.5, 0.6) is 0 Å². The van der Waals surface area contributed by atoms with Crippen molar-refractivity contribution in [3.05, 3.63) is 23.9 Å². The van der Waals surface area contributed by atoms with E-state index in [9.17, 15) is 4.79 Å². The van der Waals surface area contributed by atoms with Crippen molar-refractivity contribution >= 4 is 11.7 Å². The molecule has 1 aromatic heterocycles. The molecule has 1 atom stereocenters. The van der Waals surface area contributed by atoms with Gasteiger partial charge in [0.25, 0.3) is 0 Å². The number of hydrogen-bond donors (Lipinski definition) is 1. The lowest BCUT2D eigenvalue weighted by Crippen LogP contribution is -2.62. The molecule has 0 bridgehead atoms. The number of hydrogen-bond acceptors (Lipinski definition) is 4. The van der Waals surface area contributed by atoms with Gasteiger partial charge < -0.3 is 15.5 Å². The average molecular weight is 262 g/mol. The molecule has 0 spiro atoms. The summed E-state index contributed by atoms with van der Waals surface area (Å²) in [6.45, 7) is 7.31. The molecule has 1 saturated heterocycles.